The minimum atomic E-state index is 0.484. The second-order valence-electron chi connectivity index (χ2n) is 9.84. The Morgan fingerprint density at radius 2 is 2.00 bits per heavy atom. The lowest BCUT2D eigenvalue weighted by Crippen LogP contribution is -2.40. The first-order valence-corrected chi connectivity index (χ1v) is 11.6. The third-order valence-electron chi connectivity index (χ3n) is 7.23. The van der Waals surface area contributed by atoms with Gasteiger partial charge in [0.05, 0.1) is 5.56 Å². The van der Waals surface area contributed by atoms with Crippen LogP contribution in [0.25, 0.3) is 11.5 Å². The van der Waals surface area contributed by atoms with Crippen LogP contribution in [0.2, 0.25) is 0 Å². The van der Waals surface area contributed by atoms with E-state index >= 15 is 0 Å². The maximum atomic E-state index is 5.98. The number of likely N-dealkylation sites (tertiary alicyclic amines) is 1. The van der Waals surface area contributed by atoms with Crippen LogP contribution in [0.5, 0.6) is 0 Å². The summed E-state index contributed by atoms with van der Waals surface area (Å²) < 4.78 is 5.98. The monoisotopic (exact) mass is 408 g/mol. The molecule has 2 aromatic heterocycles. The molecule has 5 nitrogen and oxygen atoms in total. The first-order valence-electron chi connectivity index (χ1n) is 11.6. The molecule has 0 aromatic carbocycles. The van der Waals surface area contributed by atoms with Gasteiger partial charge < -0.3 is 9.32 Å². The summed E-state index contributed by atoms with van der Waals surface area (Å²) in [4.78, 5) is 6.84. The van der Waals surface area contributed by atoms with Crippen molar-refractivity contribution in [2.75, 3.05) is 19.6 Å². The lowest BCUT2D eigenvalue weighted by atomic mass is 9.69. The van der Waals surface area contributed by atoms with Crippen molar-refractivity contribution >= 4 is 0 Å². The van der Waals surface area contributed by atoms with Gasteiger partial charge in [0, 0.05) is 25.4 Å². The van der Waals surface area contributed by atoms with Gasteiger partial charge in [-0.05, 0) is 81.0 Å². The van der Waals surface area contributed by atoms with Crippen molar-refractivity contribution in [3.63, 3.8) is 0 Å². The van der Waals surface area contributed by atoms with Crippen LogP contribution < -0.4 is 0 Å². The highest BCUT2D eigenvalue weighted by atomic mass is 16.4. The number of piperidine rings is 1. The molecule has 0 spiro atoms. The summed E-state index contributed by atoms with van der Waals surface area (Å²) in [6.07, 6.45) is 10.8. The average molecular weight is 409 g/mol. The SMILES string of the molecule is CC1=C[C@H](CN2CCC(C)CC2)[C@H](C(C)C)C[C@H]1Cc1nnc(-c2cccnc2)o1. The lowest BCUT2D eigenvalue weighted by molar-refractivity contribution is 0.130. The molecule has 0 amide bonds. The number of nitrogens with zero attached hydrogens (tertiary/aromatic N) is 4. The lowest BCUT2D eigenvalue weighted by Gasteiger charge is -2.40. The normalized spacial score (nSPS) is 26.2. The molecule has 1 aliphatic carbocycles. The molecule has 1 aliphatic heterocycles. The van der Waals surface area contributed by atoms with E-state index in [1.54, 1.807) is 12.4 Å². The number of pyridine rings is 1. The molecular formula is C25H36N4O. The zero-order valence-electron chi connectivity index (χ0n) is 18.9. The first-order chi connectivity index (χ1) is 14.5. The van der Waals surface area contributed by atoms with Gasteiger partial charge in [0.2, 0.25) is 11.8 Å². The van der Waals surface area contributed by atoms with Crippen molar-refractivity contribution < 1.29 is 4.42 Å². The predicted molar refractivity (Wildman–Crippen MR) is 120 cm³/mol. The quantitative estimate of drug-likeness (QED) is 0.610. The van der Waals surface area contributed by atoms with Gasteiger partial charge in [-0.2, -0.15) is 0 Å². The molecule has 30 heavy (non-hydrogen) atoms. The molecule has 2 aliphatic rings. The Labute approximate surface area is 181 Å². The Bertz CT molecular complexity index is 836. The minimum absolute atomic E-state index is 0.484. The molecule has 4 rings (SSSR count). The van der Waals surface area contributed by atoms with Gasteiger partial charge in [-0.1, -0.05) is 32.4 Å². The molecule has 0 radical (unpaired) electrons. The molecule has 162 valence electrons. The second kappa shape index (κ2) is 9.42. The van der Waals surface area contributed by atoms with Crippen molar-refractivity contribution in [1.29, 1.82) is 0 Å². The smallest absolute Gasteiger partial charge is 0.249 e. The van der Waals surface area contributed by atoms with Crippen LogP contribution in [0.3, 0.4) is 0 Å². The van der Waals surface area contributed by atoms with E-state index in [2.05, 4.69) is 53.9 Å². The molecule has 0 bridgehead atoms. The summed E-state index contributed by atoms with van der Waals surface area (Å²) >= 11 is 0. The molecule has 0 N–H and O–H groups in total. The zero-order valence-corrected chi connectivity index (χ0v) is 18.9. The van der Waals surface area contributed by atoms with Gasteiger partial charge in [-0.3, -0.25) is 4.98 Å². The molecule has 0 saturated carbocycles. The third kappa shape index (κ3) is 5.00. The van der Waals surface area contributed by atoms with E-state index in [-0.39, 0.29) is 0 Å². The molecule has 1 fully saturated rings. The Kier molecular flexibility index (Phi) is 6.67. The summed E-state index contributed by atoms with van der Waals surface area (Å²) in [6.45, 7) is 13.2. The molecule has 2 aromatic rings. The fourth-order valence-electron chi connectivity index (χ4n) is 5.18. The maximum absolute atomic E-state index is 5.98. The first kappa shape index (κ1) is 21.2. The molecule has 0 unspecified atom stereocenters. The highest BCUT2D eigenvalue weighted by molar-refractivity contribution is 5.49. The fourth-order valence-corrected chi connectivity index (χ4v) is 5.18. The number of hydrogen-bond donors (Lipinski definition) is 0. The number of aromatic nitrogens is 3. The minimum Gasteiger partial charge on any atom is -0.421 e. The van der Waals surface area contributed by atoms with Crippen molar-refractivity contribution in [2.24, 2.45) is 29.6 Å². The van der Waals surface area contributed by atoms with E-state index in [9.17, 15) is 0 Å². The van der Waals surface area contributed by atoms with Crippen molar-refractivity contribution in [2.45, 2.75) is 53.4 Å². The largest absolute Gasteiger partial charge is 0.421 e. The Balaban J connectivity index is 1.44. The van der Waals surface area contributed by atoms with E-state index < -0.39 is 0 Å². The van der Waals surface area contributed by atoms with E-state index in [0.717, 1.165) is 23.8 Å². The average Bonchev–Trinajstić information content (AvgIpc) is 3.21. The number of allylic oxidation sites excluding steroid dienone is 1. The Morgan fingerprint density at radius 3 is 2.70 bits per heavy atom. The molecule has 3 atom stereocenters. The van der Waals surface area contributed by atoms with Crippen LogP contribution in [-0.4, -0.2) is 39.7 Å². The maximum Gasteiger partial charge on any atom is 0.249 e. The summed E-state index contributed by atoms with van der Waals surface area (Å²) in [5.74, 6) is 4.71. The Hall–Kier alpha value is -2.01. The highest BCUT2D eigenvalue weighted by Crippen LogP contribution is 2.39. The van der Waals surface area contributed by atoms with Gasteiger partial charge in [0.15, 0.2) is 0 Å². The number of hydrogen-bond acceptors (Lipinski definition) is 5. The van der Waals surface area contributed by atoms with Crippen molar-refractivity contribution in [1.82, 2.24) is 20.1 Å². The van der Waals surface area contributed by atoms with Crippen molar-refractivity contribution in [3.05, 3.63) is 42.1 Å². The van der Waals surface area contributed by atoms with E-state index in [4.69, 9.17) is 4.42 Å². The molecular weight excluding hydrogens is 372 g/mol. The second-order valence-corrected chi connectivity index (χ2v) is 9.84. The standard InChI is InChI=1S/C25H36N4O/c1-17(2)23-13-21(14-24-27-28-25(30-24)20-6-5-9-26-15-20)19(4)12-22(23)16-29-10-7-18(3)8-11-29/h5-6,9,12,15,17-18,21-23H,7-8,10-11,13-14,16H2,1-4H3/t21-,22+,23-/m0/s1. The number of rotatable bonds is 6. The Morgan fingerprint density at radius 1 is 1.20 bits per heavy atom. The third-order valence-corrected chi connectivity index (χ3v) is 7.23. The van der Waals surface area contributed by atoms with Gasteiger partial charge in [-0.15, -0.1) is 10.2 Å². The van der Waals surface area contributed by atoms with E-state index in [0.29, 0.717) is 29.6 Å². The van der Waals surface area contributed by atoms with Crippen LogP contribution in [-0.2, 0) is 6.42 Å². The summed E-state index contributed by atoms with van der Waals surface area (Å²) in [5, 5.41) is 8.58. The van der Waals surface area contributed by atoms with Crippen molar-refractivity contribution in [3.8, 4) is 11.5 Å². The molecule has 5 heteroatoms. The predicted octanol–water partition coefficient (Wildman–Crippen LogP) is 5.26. The van der Waals surface area contributed by atoms with Crippen LogP contribution in [0, 0.1) is 29.6 Å². The van der Waals surface area contributed by atoms with Gasteiger partial charge in [-0.25, -0.2) is 0 Å². The van der Waals surface area contributed by atoms with E-state index in [1.165, 1.54) is 44.5 Å². The molecule has 1 saturated heterocycles. The van der Waals surface area contributed by atoms with Crippen LogP contribution >= 0.6 is 0 Å². The topological polar surface area (TPSA) is 55.1 Å². The van der Waals surface area contributed by atoms with Crippen LogP contribution in [0.1, 0.15) is 52.8 Å². The van der Waals surface area contributed by atoms with Crippen LogP contribution in [0.15, 0.2) is 40.6 Å². The zero-order chi connectivity index (χ0) is 21.1. The van der Waals surface area contributed by atoms with E-state index in [1.807, 2.05) is 12.1 Å². The van der Waals surface area contributed by atoms with Crippen LogP contribution in [0.4, 0.5) is 0 Å². The summed E-state index contributed by atoms with van der Waals surface area (Å²) in [7, 11) is 0. The van der Waals surface area contributed by atoms with Gasteiger partial charge in [0.25, 0.3) is 0 Å². The summed E-state index contributed by atoms with van der Waals surface area (Å²) in [5.41, 5.74) is 2.37. The summed E-state index contributed by atoms with van der Waals surface area (Å²) in [6, 6.07) is 3.85. The molecule has 3 heterocycles. The van der Waals surface area contributed by atoms with Gasteiger partial charge >= 0.3 is 0 Å². The fraction of sp³-hybridized carbons (Fsp3) is 0.640. The van der Waals surface area contributed by atoms with Gasteiger partial charge in [0.1, 0.15) is 0 Å². The highest BCUT2D eigenvalue weighted by Gasteiger charge is 2.33.